The number of imidazole rings is 1. The third-order valence-electron chi connectivity index (χ3n) is 3.64. The lowest BCUT2D eigenvalue weighted by Gasteiger charge is -2.06. The first-order valence-electron chi connectivity index (χ1n) is 7.06. The van der Waals surface area contributed by atoms with E-state index in [0.29, 0.717) is 0 Å². The summed E-state index contributed by atoms with van der Waals surface area (Å²) in [5, 5.41) is 0. The molecule has 2 N–H and O–H groups in total. The molecule has 0 bridgehead atoms. The Labute approximate surface area is 119 Å². The number of nitrogens with zero attached hydrogens (tertiary/aromatic N) is 2. The van der Waals surface area contributed by atoms with Gasteiger partial charge in [-0.05, 0) is 43.2 Å². The van der Waals surface area contributed by atoms with Crippen LogP contribution in [0.25, 0.3) is 11.0 Å². The minimum atomic E-state index is 0.825. The Hall–Kier alpha value is -2.29. The van der Waals surface area contributed by atoms with Crippen molar-refractivity contribution in [2.24, 2.45) is 0 Å². The number of nitrogen functional groups attached to an aromatic ring is 1. The summed E-state index contributed by atoms with van der Waals surface area (Å²) >= 11 is 0. The molecule has 0 amide bonds. The molecule has 3 rings (SSSR count). The second kappa shape index (κ2) is 5.37. The van der Waals surface area contributed by atoms with Gasteiger partial charge in [0.15, 0.2) is 0 Å². The van der Waals surface area contributed by atoms with Crippen LogP contribution in [0, 0.1) is 0 Å². The molecule has 0 atom stereocenters. The van der Waals surface area contributed by atoms with E-state index >= 15 is 0 Å². The number of anilines is 1. The lowest BCUT2D eigenvalue weighted by Crippen LogP contribution is -2.03. The Morgan fingerprint density at radius 2 is 1.90 bits per heavy atom. The molecule has 0 aliphatic heterocycles. The van der Waals surface area contributed by atoms with Gasteiger partial charge in [-0.25, -0.2) is 4.98 Å². The Morgan fingerprint density at radius 1 is 1.05 bits per heavy atom. The van der Waals surface area contributed by atoms with Crippen molar-refractivity contribution in [3.63, 3.8) is 0 Å². The van der Waals surface area contributed by atoms with Gasteiger partial charge in [0.25, 0.3) is 0 Å². The van der Waals surface area contributed by atoms with Crippen LogP contribution < -0.4 is 5.73 Å². The van der Waals surface area contributed by atoms with E-state index in [9.17, 15) is 0 Å². The van der Waals surface area contributed by atoms with E-state index in [1.54, 1.807) is 0 Å². The summed E-state index contributed by atoms with van der Waals surface area (Å²) in [6.45, 7) is 3.12. The summed E-state index contributed by atoms with van der Waals surface area (Å²) < 4.78 is 2.29. The molecule has 102 valence electrons. The Bertz CT molecular complexity index is 728. The molecule has 0 aliphatic carbocycles. The Morgan fingerprint density at radius 3 is 2.70 bits per heavy atom. The number of hydrogen-bond acceptors (Lipinski definition) is 2. The van der Waals surface area contributed by atoms with Gasteiger partial charge in [-0.2, -0.15) is 0 Å². The van der Waals surface area contributed by atoms with Crippen molar-refractivity contribution in [3.8, 4) is 0 Å². The summed E-state index contributed by atoms with van der Waals surface area (Å²) in [7, 11) is 0. The molecule has 1 heterocycles. The molecule has 0 saturated heterocycles. The monoisotopic (exact) mass is 265 g/mol. The van der Waals surface area contributed by atoms with Crippen molar-refractivity contribution in [2.75, 3.05) is 5.73 Å². The fraction of sp³-hybridized carbons (Fsp3) is 0.235. The highest BCUT2D eigenvalue weighted by molar-refractivity contribution is 5.75. The highest BCUT2D eigenvalue weighted by atomic mass is 15.1. The van der Waals surface area contributed by atoms with Crippen molar-refractivity contribution in [3.05, 3.63) is 59.9 Å². The molecule has 0 radical (unpaired) electrons. The van der Waals surface area contributed by atoms with Crippen LogP contribution in [0.5, 0.6) is 0 Å². The molecule has 3 heteroatoms. The van der Waals surface area contributed by atoms with Crippen LogP contribution in [0.1, 0.15) is 18.3 Å². The zero-order valence-corrected chi connectivity index (χ0v) is 11.7. The predicted molar refractivity (Wildman–Crippen MR) is 83.7 cm³/mol. The summed E-state index contributed by atoms with van der Waals surface area (Å²) in [5.74, 6) is 1.15. The van der Waals surface area contributed by atoms with Crippen LogP contribution in [0.2, 0.25) is 0 Å². The quantitative estimate of drug-likeness (QED) is 0.734. The number of aryl methyl sites for hydroxylation is 3. The van der Waals surface area contributed by atoms with Gasteiger partial charge in [0.1, 0.15) is 5.82 Å². The molecule has 2 aromatic carbocycles. The van der Waals surface area contributed by atoms with E-state index in [1.165, 1.54) is 11.1 Å². The highest BCUT2D eigenvalue weighted by Crippen LogP contribution is 2.18. The summed E-state index contributed by atoms with van der Waals surface area (Å²) in [6.07, 6.45) is 1.90. The van der Waals surface area contributed by atoms with Crippen LogP contribution in [0.15, 0.2) is 48.5 Å². The van der Waals surface area contributed by atoms with Crippen LogP contribution in [0.3, 0.4) is 0 Å². The second-order valence-corrected chi connectivity index (χ2v) is 5.01. The van der Waals surface area contributed by atoms with E-state index < -0.39 is 0 Å². The smallest absolute Gasteiger partial charge is 0.110 e. The first-order chi connectivity index (χ1) is 9.78. The Kier molecular flexibility index (Phi) is 3.42. The molecule has 0 fully saturated rings. The molecule has 0 unspecified atom stereocenters. The first-order valence-corrected chi connectivity index (χ1v) is 7.06. The molecule has 20 heavy (non-hydrogen) atoms. The number of hydrogen-bond donors (Lipinski definition) is 1. The fourth-order valence-corrected chi connectivity index (χ4v) is 2.67. The lowest BCUT2D eigenvalue weighted by atomic mass is 10.1. The van der Waals surface area contributed by atoms with E-state index in [-0.39, 0.29) is 0 Å². The normalized spacial score (nSPS) is 11.1. The van der Waals surface area contributed by atoms with Gasteiger partial charge in [0.05, 0.1) is 11.0 Å². The fourth-order valence-electron chi connectivity index (χ4n) is 2.67. The SMILES string of the molecule is CCn1c(CCc2cccc(N)c2)nc2ccccc21. The molecule has 0 spiro atoms. The molecule has 3 aromatic rings. The Balaban J connectivity index is 1.87. The van der Waals surface area contributed by atoms with Gasteiger partial charge >= 0.3 is 0 Å². The number of para-hydroxylation sites is 2. The molecular weight excluding hydrogens is 246 g/mol. The molecule has 0 aliphatic rings. The van der Waals surface area contributed by atoms with E-state index in [0.717, 1.165) is 36.4 Å². The molecular formula is C17H19N3. The van der Waals surface area contributed by atoms with Gasteiger partial charge < -0.3 is 10.3 Å². The topological polar surface area (TPSA) is 43.8 Å². The standard InChI is InChI=1S/C17H19N3/c1-2-20-16-9-4-3-8-15(16)19-17(20)11-10-13-6-5-7-14(18)12-13/h3-9,12H,2,10-11,18H2,1H3. The highest BCUT2D eigenvalue weighted by Gasteiger charge is 2.08. The van der Waals surface area contributed by atoms with Crippen LogP contribution >= 0.6 is 0 Å². The van der Waals surface area contributed by atoms with Crippen molar-refractivity contribution in [1.29, 1.82) is 0 Å². The van der Waals surface area contributed by atoms with Crippen molar-refractivity contribution >= 4 is 16.7 Å². The zero-order chi connectivity index (χ0) is 13.9. The largest absolute Gasteiger partial charge is 0.399 e. The third-order valence-corrected chi connectivity index (χ3v) is 3.64. The maximum Gasteiger partial charge on any atom is 0.110 e. The summed E-state index contributed by atoms with van der Waals surface area (Å²) in [5.41, 5.74) is 10.2. The number of benzene rings is 2. The van der Waals surface area contributed by atoms with Crippen LogP contribution in [0.4, 0.5) is 5.69 Å². The van der Waals surface area contributed by atoms with Crippen LogP contribution in [-0.4, -0.2) is 9.55 Å². The summed E-state index contributed by atoms with van der Waals surface area (Å²) in [6, 6.07) is 16.4. The number of aromatic nitrogens is 2. The first kappa shape index (κ1) is 12.7. The van der Waals surface area contributed by atoms with Gasteiger partial charge in [0, 0.05) is 18.7 Å². The number of rotatable bonds is 4. The van der Waals surface area contributed by atoms with E-state index in [1.807, 2.05) is 24.3 Å². The van der Waals surface area contributed by atoms with Gasteiger partial charge in [-0.15, -0.1) is 0 Å². The van der Waals surface area contributed by atoms with Crippen molar-refractivity contribution in [2.45, 2.75) is 26.3 Å². The maximum atomic E-state index is 5.82. The number of nitrogens with two attached hydrogens (primary N) is 1. The molecule has 1 aromatic heterocycles. The minimum absolute atomic E-state index is 0.825. The van der Waals surface area contributed by atoms with Gasteiger partial charge in [-0.1, -0.05) is 24.3 Å². The maximum absolute atomic E-state index is 5.82. The van der Waals surface area contributed by atoms with Gasteiger partial charge in [-0.3, -0.25) is 0 Å². The van der Waals surface area contributed by atoms with Crippen molar-refractivity contribution < 1.29 is 0 Å². The van der Waals surface area contributed by atoms with Gasteiger partial charge in [0.2, 0.25) is 0 Å². The second-order valence-electron chi connectivity index (χ2n) is 5.01. The van der Waals surface area contributed by atoms with E-state index in [2.05, 4.69) is 35.8 Å². The third kappa shape index (κ3) is 2.39. The average Bonchev–Trinajstić information content (AvgIpc) is 2.82. The molecule has 3 nitrogen and oxygen atoms in total. The summed E-state index contributed by atoms with van der Waals surface area (Å²) in [4.78, 5) is 4.75. The zero-order valence-electron chi connectivity index (χ0n) is 11.7. The van der Waals surface area contributed by atoms with Crippen molar-refractivity contribution in [1.82, 2.24) is 9.55 Å². The van der Waals surface area contributed by atoms with E-state index in [4.69, 9.17) is 10.7 Å². The minimum Gasteiger partial charge on any atom is -0.399 e. The average molecular weight is 265 g/mol. The van der Waals surface area contributed by atoms with Crippen LogP contribution in [-0.2, 0) is 19.4 Å². The lowest BCUT2D eigenvalue weighted by molar-refractivity contribution is 0.707. The predicted octanol–water partition coefficient (Wildman–Crippen LogP) is 3.42. The number of fused-ring (bicyclic) bond motifs is 1. The molecule has 0 saturated carbocycles.